The summed E-state index contributed by atoms with van der Waals surface area (Å²) in [6.07, 6.45) is 3.84. The number of aromatic nitrogens is 1. The molecule has 0 spiro atoms. The SMILES string of the molecule is O=C(NC1CC1)c1cc(N(Cc2ccccc2)c2ccccc2)ccn1. The Balaban J connectivity index is 1.66. The van der Waals surface area contributed by atoms with Gasteiger partial charge in [-0.15, -0.1) is 0 Å². The highest BCUT2D eigenvalue weighted by Gasteiger charge is 2.24. The fourth-order valence-electron chi connectivity index (χ4n) is 2.90. The molecule has 4 rings (SSSR count). The Labute approximate surface area is 153 Å². The number of benzene rings is 2. The van der Waals surface area contributed by atoms with Crippen molar-refractivity contribution in [1.82, 2.24) is 10.3 Å². The first-order chi connectivity index (χ1) is 12.8. The first-order valence-electron chi connectivity index (χ1n) is 8.93. The molecule has 0 radical (unpaired) electrons. The van der Waals surface area contributed by atoms with Gasteiger partial charge in [-0.3, -0.25) is 9.78 Å². The van der Waals surface area contributed by atoms with Gasteiger partial charge < -0.3 is 10.2 Å². The molecule has 4 nitrogen and oxygen atoms in total. The fourth-order valence-corrected chi connectivity index (χ4v) is 2.90. The Morgan fingerprint density at radius 3 is 2.35 bits per heavy atom. The van der Waals surface area contributed by atoms with Gasteiger partial charge in [-0.05, 0) is 42.7 Å². The van der Waals surface area contributed by atoms with Crippen molar-refractivity contribution in [2.75, 3.05) is 4.90 Å². The second-order valence-corrected chi connectivity index (χ2v) is 6.55. The molecule has 1 saturated carbocycles. The van der Waals surface area contributed by atoms with Crippen LogP contribution in [-0.4, -0.2) is 16.9 Å². The molecule has 0 aliphatic heterocycles. The average molecular weight is 343 g/mol. The largest absolute Gasteiger partial charge is 0.348 e. The quantitative estimate of drug-likeness (QED) is 0.725. The van der Waals surface area contributed by atoms with Crippen molar-refractivity contribution in [2.24, 2.45) is 0 Å². The standard InChI is InChI=1S/C22H21N3O/c26-22(24-18-11-12-18)21-15-20(13-14-23-21)25(19-9-5-2-6-10-19)16-17-7-3-1-4-8-17/h1-10,13-15,18H,11-12,16H2,(H,24,26). The number of carbonyl (C=O) groups is 1. The molecule has 3 aromatic rings. The molecule has 2 aromatic carbocycles. The van der Waals surface area contributed by atoms with Crippen LogP contribution in [0.5, 0.6) is 0 Å². The van der Waals surface area contributed by atoms with Gasteiger partial charge >= 0.3 is 0 Å². The molecule has 1 amide bonds. The van der Waals surface area contributed by atoms with Gasteiger partial charge in [0.05, 0.1) is 0 Å². The fraction of sp³-hybridized carbons (Fsp3) is 0.182. The minimum absolute atomic E-state index is 0.0953. The molecule has 1 heterocycles. The molecule has 1 fully saturated rings. The first-order valence-corrected chi connectivity index (χ1v) is 8.93. The Morgan fingerprint density at radius 1 is 0.962 bits per heavy atom. The predicted octanol–water partition coefficient (Wildman–Crippen LogP) is 4.31. The van der Waals surface area contributed by atoms with Crippen molar-refractivity contribution in [3.8, 4) is 0 Å². The summed E-state index contributed by atoms with van der Waals surface area (Å²) in [4.78, 5) is 18.8. The number of carbonyl (C=O) groups excluding carboxylic acids is 1. The number of amides is 1. The molecular formula is C22H21N3O. The van der Waals surface area contributed by atoms with Gasteiger partial charge in [-0.25, -0.2) is 0 Å². The third kappa shape index (κ3) is 3.91. The highest BCUT2D eigenvalue weighted by Crippen LogP contribution is 2.28. The normalized spacial score (nSPS) is 13.2. The summed E-state index contributed by atoms with van der Waals surface area (Å²) in [6, 6.07) is 24.7. The van der Waals surface area contributed by atoms with Gasteiger partial charge in [-0.2, -0.15) is 0 Å². The van der Waals surface area contributed by atoms with Gasteiger partial charge in [0.2, 0.25) is 0 Å². The molecule has 0 atom stereocenters. The van der Waals surface area contributed by atoms with Crippen LogP contribution in [0.1, 0.15) is 28.9 Å². The number of para-hydroxylation sites is 1. The Bertz CT molecular complexity index is 876. The van der Waals surface area contributed by atoms with Crippen molar-refractivity contribution >= 4 is 17.3 Å². The molecule has 0 saturated heterocycles. The maximum atomic E-state index is 12.4. The molecule has 0 bridgehead atoms. The van der Waals surface area contributed by atoms with Crippen molar-refractivity contribution in [2.45, 2.75) is 25.4 Å². The summed E-state index contributed by atoms with van der Waals surface area (Å²) < 4.78 is 0. The zero-order valence-corrected chi connectivity index (χ0v) is 14.5. The highest BCUT2D eigenvalue weighted by atomic mass is 16.2. The van der Waals surface area contributed by atoms with Crippen LogP contribution in [0.25, 0.3) is 0 Å². The van der Waals surface area contributed by atoms with Crippen LogP contribution in [0.4, 0.5) is 11.4 Å². The summed E-state index contributed by atoms with van der Waals surface area (Å²) in [5, 5.41) is 3.01. The number of rotatable bonds is 6. The second-order valence-electron chi connectivity index (χ2n) is 6.55. The van der Waals surface area contributed by atoms with Crippen molar-refractivity contribution < 1.29 is 4.79 Å². The van der Waals surface area contributed by atoms with Crippen molar-refractivity contribution in [3.05, 3.63) is 90.3 Å². The van der Waals surface area contributed by atoms with E-state index in [1.807, 2.05) is 48.5 Å². The van der Waals surface area contributed by atoms with Gasteiger partial charge in [0, 0.05) is 30.2 Å². The van der Waals surface area contributed by atoms with Crippen LogP contribution < -0.4 is 10.2 Å². The number of pyridine rings is 1. The van der Waals surface area contributed by atoms with Crippen LogP contribution in [-0.2, 0) is 6.54 Å². The number of hydrogen-bond donors (Lipinski definition) is 1. The predicted molar refractivity (Wildman–Crippen MR) is 103 cm³/mol. The third-order valence-electron chi connectivity index (χ3n) is 4.45. The molecule has 130 valence electrons. The minimum Gasteiger partial charge on any atom is -0.348 e. The van der Waals surface area contributed by atoms with Gasteiger partial charge in [0.25, 0.3) is 5.91 Å². The number of nitrogens with zero attached hydrogens (tertiary/aromatic N) is 2. The third-order valence-corrected chi connectivity index (χ3v) is 4.45. The molecule has 1 N–H and O–H groups in total. The molecule has 1 aliphatic rings. The number of anilines is 2. The van der Waals surface area contributed by atoms with E-state index in [0.717, 1.165) is 30.8 Å². The van der Waals surface area contributed by atoms with E-state index in [4.69, 9.17) is 0 Å². The molecule has 1 aliphatic carbocycles. The summed E-state index contributed by atoms with van der Waals surface area (Å²) in [5.41, 5.74) is 3.70. The zero-order valence-electron chi connectivity index (χ0n) is 14.5. The van der Waals surface area contributed by atoms with E-state index in [0.29, 0.717) is 11.7 Å². The molecule has 26 heavy (non-hydrogen) atoms. The second kappa shape index (κ2) is 7.40. The van der Waals surface area contributed by atoms with Crippen LogP contribution in [0.2, 0.25) is 0 Å². The van der Waals surface area contributed by atoms with Crippen molar-refractivity contribution in [3.63, 3.8) is 0 Å². The van der Waals surface area contributed by atoms with Crippen LogP contribution in [0, 0.1) is 0 Å². The van der Waals surface area contributed by atoms with Gasteiger partial charge in [-0.1, -0.05) is 48.5 Å². The van der Waals surface area contributed by atoms with E-state index in [2.05, 4.69) is 39.5 Å². The maximum absolute atomic E-state index is 12.4. The Morgan fingerprint density at radius 2 is 1.65 bits per heavy atom. The first kappa shape index (κ1) is 16.3. The van der Waals surface area contributed by atoms with E-state index < -0.39 is 0 Å². The van der Waals surface area contributed by atoms with Gasteiger partial charge in [0.1, 0.15) is 5.69 Å². The lowest BCUT2D eigenvalue weighted by Crippen LogP contribution is -2.26. The molecular weight excluding hydrogens is 322 g/mol. The summed E-state index contributed by atoms with van der Waals surface area (Å²) in [6.45, 7) is 0.721. The van der Waals surface area contributed by atoms with Crippen LogP contribution in [0.15, 0.2) is 79.0 Å². The molecule has 1 aromatic heterocycles. The lowest BCUT2D eigenvalue weighted by Gasteiger charge is -2.25. The monoisotopic (exact) mass is 343 g/mol. The van der Waals surface area contributed by atoms with Gasteiger partial charge in [0.15, 0.2) is 0 Å². The Hall–Kier alpha value is -3.14. The zero-order chi connectivity index (χ0) is 17.8. The van der Waals surface area contributed by atoms with E-state index in [9.17, 15) is 4.79 Å². The molecule has 0 unspecified atom stereocenters. The van der Waals surface area contributed by atoms with Crippen LogP contribution in [0.3, 0.4) is 0 Å². The van der Waals surface area contributed by atoms with Crippen LogP contribution >= 0.6 is 0 Å². The van der Waals surface area contributed by atoms with E-state index in [1.54, 1.807) is 6.20 Å². The summed E-state index contributed by atoms with van der Waals surface area (Å²) >= 11 is 0. The van der Waals surface area contributed by atoms with E-state index in [1.165, 1.54) is 5.56 Å². The lowest BCUT2D eigenvalue weighted by atomic mass is 10.1. The number of nitrogens with one attached hydrogen (secondary N) is 1. The smallest absolute Gasteiger partial charge is 0.270 e. The Kier molecular flexibility index (Phi) is 4.65. The lowest BCUT2D eigenvalue weighted by molar-refractivity contribution is 0.0946. The van der Waals surface area contributed by atoms with Crippen molar-refractivity contribution in [1.29, 1.82) is 0 Å². The van der Waals surface area contributed by atoms with E-state index >= 15 is 0 Å². The summed E-state index contributed by atoms with van der Waals surface area (Å²) in [5.74, 6) is -0.0953. The topological polar surface area (TPSA) is 45.2 Å². The molecule has 4 heteroatoms. The highest BCUT2D eigenvalue weighted by molar-refractivity contribution is 5.93. The van der Waals surface area contributed by atoms with E-state index in [-0.39, 0.29) is 5.91 Å². The average Bonchev–Trinajstić information content (AvgIpc) is 3.52. The summed E-state index contributed by atoms with van der Waals surface area (Å²) in [7, 11) is 0. The maximum Gasteiger partial charge on any atom is 0.270 e. The number of hydrogen-bond acceptors (Lipinski definition) is 3. The minimum atomic E-state index is -0.0953.